The minimum Gasteiger partial charge on any atom is -0.493 e. The number of aliphatic hydroxyl groups excluding tert-OH is 1. The number of nitrogens with two attached hydrogens (primary N) is 1. The van der Waals surface area contributed by atoms with E-state index in [9.17, 15) is 9.90 Å². The topological polar surface area (TPSA) is 106 Å². The molecule has 2 rings (SSSR count). The Morgan fingerprint density at radius 2 is 1.81 bits per heavy atom. The summed E-state index contributed by atoms with van der Waals surface area (Å²) in [6.45, 7) is 11.4. The average Bonchev–Trinajstić information content (AvgIpc) is 2.81. The molecule has 1 fully saturated rings. The van der Waals surface area contributed by atoms with Crippen LogP contribution in [0.25, 0.3) is 0 Å². The number of carbonyl (C=O) groups is 1. The fourth-order valence-electron chi connectivity index (χ4n) is 4.53. The van der Waals surface area contributed by atoms with Crippen LogP contribution in [0, 0.1) is 23.7 Å². The summed E-state index contributed by atoms with van der Waals surface area (Å²) in [5, 5.41) is 12.9. The van der Waals surface area contributed by atoms with Gasteiger partial charge in [0, 0.05) is 45.2 Å². The van der Waals surface area contributed by atoms with Crippen molar-refractivity contribution in [2.75, 3.05) is 40.5 Å². The van der Waals surface area contributed by atoms with Crippen molar-refractivity contribution in [2.24, 2.45) is 29.4 Å². The van der Waals surface area contributed by atoms with Crippen LogP contribution in [0.4, 0.5) is 0 Å². The van der Waals surface area contributed by atoms with Crippen molar-refractivity contribution in [3.63, 3.8) is 0 Å². The van der Waals surface area contributed by atoms with Gasteiger partial charge in [0.1, 0.15) is 0 Å². The summed E-state index contributed by atoms with van der Waals surface area (Å²) in [4.78, 5) is 12.8. The smallest absolute Gasteiger partial charge is 0.237 e. The van der Waals surface area contributed by atoms with Gasteiger partial charge in [-0.25, -0.2) is 5.01 Å². The molecule has 0 aromatic heterocycles. The molecule has 4 unspecified atom stereocenters. The number of aliphatic hydroxyl groups is 1. The molecule has 8 nitrogen and oxygen atoms in total. The molecule has 1 aliphatic heterocycles. The highest BCUT2D eigenvalue weighted by Crippen LogP contribution is 2.31. The van der Waals surface area contributed by atoms with Crippen molar-refractivity contribution < 1.29 is 24.1 Å². The summed E-state index contributed by atoms with van der Waals surface area (Å²) in [5.74, 6) is 1.92. The molecule has 1 heterocycles. The molecule has 0 saturated carbocycles. The molecule has 36 heavy (non-hydrogen) atoms. The fourth-order valence-corrected chi connectivity index (χ4v) is 4.53. The lowest BCUT2D eigenvalue weighted by Crippen LogP contribution is -2.53. The summed E-state index contributed by atoms with van der Waals surface area (Å²) in [6, 6.07) is 5.64. The van der Waals surface area contributed by atoms with Gasteiger partial charge in [0.15, 0.2) is 11.5 Å². The Morgan fingerprint density at radius 1 is 1.08 bits per heavy atom. The van der Waals surface area contributed by atoms with Gasteiger partial charge in [-0.2, -0.15) is 0 Å². The van der Waals surface area contributed by atoms with Crippen LogP contribution in [0.5, 0.6) is 11.5 Å². The van der Waals surface area contributed by atoms with Crippen molar-refractivity contribution >= 4 is 5.91 Å². The number of amides is 1. The first kappa shape index (κ1) is 30.4. The zero-order valence-corrected chi connectivity index (χ0v) is 23.2. The largest absolute Gasteiger partial charge is 0.493 e. The van der Waals surface area contributed by atoms with Gasteiger partial charge in [0.25, 0.3) is 0 Å². The quantitative estimate of drug-likeness (QED) is 0.278. The number of hydrogen-bond donors (Lipinski definition) is 3. The lowest BCUT2D eigenvalue weighted by Gasteiger charge is -2.34. The van der Waals surface area contributed by atoms with Gasteiger partial charge < -0.3 is 25.1 Å². The van der Waals surface area contributed by atoms with Crippen LogP contribution in [-0.2, 0) is 16.0 Å². The monoisotopic (exact) mass is 507 g/mol. The zero-order chi connectivity index (χ0) is 26.7. The standard InChI is InChI=1S/C28H49N3O5/c1-19(2)22(15-21-9-10-26(35-6)27(16-21)36-14-8-13-34-5)17-24(29)25(32)18-23(20(3)4)28(33)30-31-11-7-12-31/h9-10,16,19-20,22-25,32H,7-8,11-15,17-18,29H2,1-6H3,(H,30,33). The molecule has 1 aliphatic rings. The molecular formula is C28H49N3O5. The summed E-state index contributed by atoms with van der Waals surface area (Å²) in [5.41, 5.74) is 10.6. The Bertz CT molecular complexity index is 784. The first-order valence-corrected chi connectivity index (χ1v) is 13.4. The van der Waals surface area contributed by atoms with E-state index in [1.54, 1.807) is 14.2 Å². The van der Waals surface area contributed by atoms with Gasteiger partial charge in [0.05, 0.1) is 19.8 Å². The van der Waals surface area contributed by atoms with Gasteiger partial charge in [-0.3, -0.25) is 10.2 Å². The molecule has 4 atom stereocenters. The first-order valence-electron chi connectivity index (χ1n) is 13.4. The maximum absolute atomic E-state index is 12.8. The molecule has 1 saturated heterocycles. The normalized spacial score (nSPS) is 17.4. The van der Waals surface area contributed by atoms with Crippen LogP contribution in [0.15, 0.2) is 18.2 Å². The van der Waals surface area contributed by atoms with Crippen molar-refractivity contribution in [2.45, 2.75) is 71.9 Å². The highest BCUT2D eigenvalue weighted by atomic mass is 16.5. The second kappa shape index (κ2) is 15.4. The molecule has 1 amide bonds. The Labute approximate surface area is 217 Å². The van der Waals surface area contributed by atoms with E-state index in [1.165, 1.54) is 0 Å². The van der Waals surface area contributed by atoms with Gasteiger partial charge in [0.2, 0.25) is 5.91 Å². The molecule has 0 spiro atoms. The van der Waals surface area contributed by atoms with E-state index in [4.69, 9.17) is 19.9 Å². The number of benzene rings is 1. The molecule has 1 aromatic carbocycles. The second-order valence-electron chi connectivity index (χ2n) is 10.8. The van der Waals surface area contributed by atoms with Gasteiger partial charge >= 0.3 is 0 Å². The molecule has 0 bridgehead atoms. The summed E-state index contributed by atoms with van der Waals surface area (Å²) >= 11 is 0. The Kier molecular flexibility index (Phi) is 13.0. The van der Waals surface area contributed by atoms with Crippen LogP contribution >= 0.6 is 0 Å². The van der Waals surface area contributed by atoms with Crippen LogP contribution < -0.4 is 20.6 Å². The first-order chi connectivity index (χ1) is 17.2. The van der Waals surface area contributed by atoms with Crippen molar-refractivity contribution in [3.8, 4) is 11.5 Å². The molecular weight excluding hydrogens is 458 g/mol. The number of nitrogens with one attached hydrogen (secondary N) is 1. The number of nitrogens with zero attached hydrogens (tertiary/aromatic N) is 1. The summed E-state index contributed by atoms with van der Waals surface area (Å²) in [6.07, 6.45) is 3.03. The second-order valence-corrected chi connectivity index (χ2v) is 10.8. The van der Waals surface area contributed by atoms with E-state index in [2.05, 4.69) is 25.3 Å². The van der Waals surface area contributed by atoms with E-state index >= 15 is 0 Å². The zero-order valence-electron chi connectivity index (χ0n) is 23.2. The number of rotatable bonds is 17. The third kappa shape index (κ3) is 9.54. The minimum atomic E-state index is -0.740. The van der Waals surface area contributed by atoms with E-state index in [0.717, 1.165) is 43.7 Å². The van der Waals surface area contributed by atoms with E-state index in [0.29, 0.717) is 37.7 Å². The minimum absolute atomic E-state index is 0.0207. The Morgan fingerprint density at radius 3 is 2.36 bits per heavy atom. The lowest BCUT2D eigenvalue weighted by atomic mass is 9.81. The van der Waals surface area contributed by atoms with E-state index in [-0.39, 0.29) is 23.7 Å². The van der Waals surface area contributed by atoms with Crippen LogP contribution in [0.2, 0.25) is 0 Å². The van der Waals surface area contributed by atoms with E-state index in [1.807, 2.05) is 31.0 Å². The van der Waals surface area contributed by atoms with Gasteiger partial charge in [-0.1, -0.05) is 33.8 Å². The average molecular weight is 508 g/mol. The maximum atomic E-state index is 12.8. The third-order valence-corrected chi connectivity index (χ3v) is 7.25. The molecule has 1 aromatic rings. The number of methoxy groups -OCH3 is 2. The lowest BCUT2D eigenvalue weighted by molar-refractivity contribution is -0.134. The summed E-state index contributed by atoms with van der Waals surface area (Å²) in [7, 11) is 3.32. The van der Waals surface area contributed by atoms with Gasteiger partial charge in [-0.15, -0.1) is 0 Å². The molecule has 8 heteroatoms. The Hall–Kier alpha value is -1.87. The summed E-state index contributed by atoms with van der Waals surface area (Å²) < 4.78 is 16.5. The SMILES string of the molecule is COCCCOc1cc(CC(CC(N)C(O)CC(C(=O)NN2CCC2)C(C)C)C(C)C)ccc1OC. The van der Waals surface area contributed by atoms with E-state index < -0.39 is 12.1 Å². The predicted octanol–water partition coefficient (Wildman–Crippen LogP) is 3.40. The van der Waals surface area contributed by atoms with Gasteiger partial charge in [-0.05, 0) is 61.1 Å². The number of hydrogen-bond acceptors (Lipinski definition) is 7. The highest BCUT2D eigenvalue weighted by Gasteiger charge is 2.31. The molecule has 0 radical (unpaired) electrons. The number of carbonyl (C=O) groups excluding carboxylic acids is 1. The van der Waals surface area contributed by atoms with Crippen LogP contribution in [-0.4, -0.2) is 68.7 Å². The molecule has 0 aliphatic carbocycles. The third-order valence-electron chi connectivity index (χ3n) is 7.25. The molecule has 4 N–H and O–H groups in total. The number of ether oxygens (including phenoxy) is 3. The van der Waals surface area contributed by atoms with Crippen molar-refractivity contribution in [1.82, 2.24) is 10.4 Å². The predicted molar refractivity (Wildman–Crippen MR) is 143 cm³/mol. The molecule has 206 valence electrons. The van der Waals surface area contributed by atoms with Crippen molar-refractivity contribution in [1.29, 1.82) is 0 Å². The Balaban J connectivity index is 2.00. The van der Waals surface area contributed by atoms with Crippen LogP contribution in [0.3, 0.4) is 0 Å². The van der Waals surface area contributed by atoms with Crippen LogP contribution in [0.1, 0.15) is 58.9 Å². The number of hydrazine groups is 1. The highest BCUT2D eigenvalue weighted by molar-refractivity contribution is 5.78. The maximum Gasteiger partial charge on any atom is 0.237 e. The fraction of sp³-hybridized carbons (Fsp3) is 0.750. The van der Waals surface area contributed by atoms with Crippen molar-refractivity contribution in [3.05, 3.63) is 23.8 Å².